The molecule has 0 aromatic rings. The fourth-order valence-corrected chi connectivity index (χ4v) is 1.83. The van der Waals surface area contributed by atoms with Gasteiger partial charge >= 0.3 is 0 Å². The number of quaternary nitrogens is 1. The van der Waals surface area contributed by atoms with Crippen LogP contribution in [0.15, 0.2) is 5.16 Å². The molecule has 1 aliphatic heterocycles. The minimum atomic E-state index is -0.283. The molecule has 0 unspecified atom stereocenters. The number of nitrogens with zero attached hydrogens (tertiary/aromatic N) is 1. The highest BCUT2D eigenvalue weighted by Crippen LogP contribution is 1.93. The van der Waals surface area contributed by atoms with Crippen LogP contribution in [0.5, 0.6) is 0 Å². The van der Waals surface area contributed by atoms with Crippen molar-refractivity contribution in [3.05, 3.63) is 0 Å². The molecule has 15 heavy (non-hydrogen) atoms. The Morgan fingerprint density at radius 2 is 2.07 bits per heavy atom. The normalized spacial score (nSPS) is 18.9. The Balaban J connectivity index is 2.12. The molecule has 1 fully saturated rings. The van der Waals surface area contributed by atoms with E-state index >= 15 is 0 Å². The highest BCUT2D eigenvalue weighted by atomic mass is 16.4. The van der Waals surface area contributed by atoms with Crippen molar-refractivity contribution in [1.29, 1.82) is 0 Å². The number of carbonyl (C=O) groups excluding carboxylic acids is 1. The highest BCUT2D eigenvalue weighted by Gasteiger charge is 2.13. The molecule has 5 heteroatoms. The van der Waals surface area contributed by atoms with Crippen LogP contribution in [0.4, 0.5) is 0 Å². The zero-order valence-electron chi connectivity index (χ0n) is 9.25. The Bertz CT molecular complexity index is 235. The Kier molecular flexibility index (Phi) is 5.10. The van der Waals surface area contributed by atoms with E-state index in [2.05, 4.69) is 10.5 Å². The van der Waals surface area contributed by atoms with Crippen molar-refractivity contribution in [1.82, 2.24) is 5.32 Å². The minimum absolute atomic E-state index is 0.114. The summed E-state index contributed by atoms with van der Waals surface area (Å²) in [6, 6.07) is 0. The summed E-state index contributed by atoms with van der Waals surface area (Å²) in [4.78, 5) is 12.8. The Morgan fingerprint density at radius 3 is 2.67 bits per heavy atom. The van der Waals surface area contributed by atoms with Crippen LogP contribution in [0.2, 0.25) is 0 Å². The van der Waals surface area contributed by atoms with Crippen molar-refractivity contribution in [3.8, 4) is 0 Å². The van der Waals surface area contributed by atoms with E-state index in [-0.39, 0.29) is 11.6 Å². The van der Waals surface area contributed by atoms with Crippen LogP contribution in [-0.2, 0) is 4.79 Å². The summed E-state index contributed by atoms with van der Waals surface area (Å²) in [6.07, 6.45) is 3.92. The van der Waals surface area contributed by atoms with Gasteiger partial charge in [0.15, 0.2) is 0 Å². The molecule has 0 aliphatic carbocycles. The number of piperidine rings is 1. The molecule has 1 amide bonds. The molecular weight excluding hydrogens is 194 g/mol. The van der Waals surface area contributed by atoms with Gasteiger partial charge in [0, 0.05) is 0 Å². The summed E-state index contributed by atoms with van der Waals surface area (Å²) in [5.41, 5.74) is 0.114. The second-order valence-electron chi connectivity index (χ2n) is 4.00. The van der Waals surface area contributed by atoms with Crippen molar-refractivity contribution in [2.24, 2.45) is 5.16 Å². The fourth-order valence-electron chi connectivity index (χ4n) is 1.83. The monoisotopic (exact) mass is 214 g/mol. The van der Waals surface area contributed by atoms with Crippen LogP contribution in [-0.4, -0.2) is 43.0 Å². The standard InChI is InChI=1S/C10H19N3O2/c1-9(12-15)10(14)11-5-8-13-6-3-2-4-7-13/h15H,2-8H2,1H3,(H,11,14)/p+1/b12-9+. The van der Waals surface area contributed by atoms with Gasteiger partial charge in [0.05, 0.1) is 26.2 Å². The average Bonchev–Trinajstić information content (AvgIpc) is 2.29. The zero-order valence-corrected chi connectivity index (χ0v) is 9.25. The molecular formula is C10H20N3O2+. The molecule has 3 N–H and O–H groups in total. The number of nitrogens with one attached hydrogen (secondary N) is 2. The van der Waals surface area contributed by atoms with Crippen LogP contribution >= 0.6 is 0 Å². The van der Waals surface area contributed by atoms with Gasteiger partial charge in [0.2, 0.25) is 0 Å². The Labute approximate surface area is 90.1 Å². The van der Waals surface area contributed by atoms with Gasteiger partial charge in [0.25, 0.3) is 5.91 Å². The third-order valence-corrected chi connectivity index (χ3v) is 2.80. The van der Waals surface area contributed by atoms with Crippen molar-refractivity contribution >= 4 is 11.6 Å². The van der Waals surface area contributed by atoms with Crippen molar-refractivity contribution in [2.75, 3.05) is 26.2 Å². The van der Waals surface area contributed by atoms with Crippen molar-refractivity contribution < 1.29 is 14.9 Å². The quantitative estimate of drug-likeness (QED) is 0.320. The van der Waals surface area contributed by atoms with Crippen molar-refractivity contribution in [3.63, 3.8) is 0 Å². The number of oxime groups is 1. The topological polar surface area (TPSA) is 66.1 Å². The summed E-state index contributed by atoms with van der Waals surface area (Å²) in [5, 5.41) is 14.0. The molecule has 1 aliphatic rings. The number of rotatable bonds is 4. The molecule has 0 aromatic heterocycles. The molecule has 0 atom stereocenters. The first-order chi connectivity index (χ1) is 7.24. The van der Waals surface area contributed by atoms with Gasteiger partial charge in [-0.1, -0.05) is 5.16 Å². The smallest absolute Gasteiger partial charge is 0.268 e. The lowest BCUT2D eigenvalue weighted by molar-refractivity contribution is -0.903. The maximum atomic E-state index is 11.2. The minimum Gasteiger partial charge on any atom is -0.410 e. The van der Waals surface area contributed by atoms with E-state index in [9.17, 15) is 4.79 Å². The van der Waals surface area contributed by atoms with Crippen LogP contribution in [0, 0.1) is 0 Å². The molecule has 0 radical (unpaired) electrons. The second-order valence-corrected chi connectivity index (χ2v) is 4.00. The molecule has 86 valence electrons. The lowest BCUT2D eigenvalue weighted by atomic mass is 10.1. The molecule has 1 heterocycles. The van der Waals surface area contributed by atoms with Gasteiger partial charge in [-0.25, -0.2) is 0 Å². The predicted octanol–water partition coefficient (Wildman–Crippen LogP) is -0.978. The van der Waals surface area contributed by atoms with E-state index in [1.165, 1.54) is 39.3 Å². The Morgan fingerprint density at radius 1 is 1.40 bits per heavy atom. The molecule has 1 rings (SSSR count). The zero-order chi connectivity index (χ0) is 11.1. The van der Waals surface area contributed by atoms with E-state index in [1.807, 2.05) is 0 Å². The first kappa shape index (κ1) is 12.0. The second kappa shape index (κ2) is 6.40. The van der Waals surface area contributed by atoms with Gasteiger partial charge in [-0.3, -0.25) is 4.79 Å². The molecule has 0 aromatic carbocycles. The van der Waals surface area contributed by atoms with Crippen LogP contribution in [0.1, 0.15) is 26.2 Å². The SMILES string of the molecule is C/C(=N\O)C(=O)NCC[NH+]1CCCCC1. The van der Waals surface area contributed by atoms with Crippen molar-refractivity contribution in [2.45, 2.75) is 26.2 Å². The van der Waals surface area contributed by atoms with E-state index in [4.69, 9.17) is 5.21 Å². The maximum Gasteiger partial charge on any atom is 0.268 e. The summed E-state index contributed by atoms with van der Waals surface area (Å²) >= 11 is 0. The summed E-state index contributed by atoms with van der Waals surface area (Å²) in [5.74, 6) is -0.283. The molecule has 0 spiro atoms. The first-order valence-corrected chi connectivity index (χ1v) is 5.54. The average molecular weight is 214 g/mol. The van der Waals surface area contributed by atoms with Gasteiger partial charge in [0.1, 0.15) is 5.71 Å². The van der Waals surface area contributed by atoms with E-state index in [0.29, 0.717) is 6.54 Å². The molecule has 0 saturated carbocycles. The lowest BCUT2D eigenvalue weighted by Crippen LogP contribution is -3.13. The summed E-state index contributed by atoms with van der Waals surface area (Å²) in [7, 11) is 0. The number of hydrogen-bond acceptors (Lipinski definition) is 3. The van der Waals surface area contributed by atoms with Gasteiger partial charge in [-0.15, -0.1) is 0 Å². The van der Waals surface area contributed by atoms with Gasteiger partial charge in [-0.05, 0) is 26.2 Å². The van der Waals surface area contributed by atoms with Gasteiger partial charge in [-0.2, -0.15) is 0 Å². The fraction of sp³-hybridized carbons (Fsp3) is 0.800. The highest BCUT2D eigenvalue weighted by molar-refractivity contribution is 6.37. The largest absolute Gasteiger partial charge is 0.410 e. The van der Waals surface area contributed by atoms with E-state index < -0.39 is 0 Å². The third kappa shape index (κ3) is 4.29. The molecule has 1 saturated heterocycles. The van der Waals surface area contributed by atoms with Gasteiger partial charge < -0.3 is 15.4 Å². The first-order valence-electron chi connectivity index (χ1n) is 5.54. The van der Waals surface area contributed by atoms with E-state index in [0.717, 1.165) is 6.54 Å². The van der Waals surface area contributed by atoms with Crippen LogP contribution in [0.25, 0.3) is 0 Å². The summed E-state index contributed by atoms with van der Waals surface area (Å²) in [6.45, 7) is 5.53. The van der Waals surface area contributed by atoms with E-state index in [1.54, 1.807) is 4.90 Å². The Hall–Kier alpha value is -1.10. The number of hydrogen-bond donors (Lipinski definition) is 3. The van der Waals surface area contributed by atoms with Crippen LogP contribution < -0.4 is 10.2 Å². The number of amides is 1. The third-order valence-electron chi connectivity index (χ3n) is 2.80. The number of likely N-dealkylation sites (tertiary alicyclic amines) is 1. The predicted molar refractivity (Wildman–Crippen MR) is 57.3 cm³/mol. The maximum absolute atomic E-state index is 11.2. The molecule has 5 nitrogen and oxygen atoms in total. The lowest BCUT2D eigenvalue weighted by Gasteiger charge is -2.23. The van der Waals surface area contributed by atoms with Crippen LogP contribution in [0.3, 0.4) is 0 Å². The molecule has 0 bridgehead atoms. The summed E-state index contributed by atoms with van der Waals surface area (Å²) < 4.78 is 0. The number of carbonyl (C=O) groups is 1.